The number of pyridine rings is 7. The normalized spacial score (nSPS) is 10.9. The molecule has 0 saturated carbocycles. The van der Waals surface area contributed by atoms with Gasteiger partial charge in [0.15, 0.2) is 6.29 Å². The van der Waals surface area contributed by atoms with Crippen LogP contribution in [0.3, 0.4) is 0 Å². The number of rotatable bonds is 14. The van der Waals surface area contributed by atoms with Crippen molar-refractivity contribution in [2.24, 2.45) is 9.54 Å². The Morgan fingerprint density at radius 2 is 0.989 bits per heavy atom. The van der Waals surface area contributed by atoms with Gasteiger partial charge in [-0.15, -0.1) is 0 Å². The van der Waals surface area contributed by atoms with Crippen LogP contribution in [-0.4, -0.2) is 120 Å². The molecule has 0 fully saturated rings. The average Bonchev–Trinajstić information content (AvgIpc) is 1.71. The number of hydrogen-bond donors (Lipinski definition) is 2. The maximum absolute atomic E-state index is 11.8. The third-order valence-electron chi connectivity index (χ3n) is 10.8. The number of aromatic nitrogens is 10. The van der Waals surface area contributed by atoms with E-state index in [2.05, 4.69) is 51.5 Å². The molecule has 0 aliphatic heterocycles. The van der Waals surface area contributed by atoms with E-state index in [4.69, 9.17) is 101 Å². The number of carbonyl (C=O) groups excluding carboxylic acids is 6. The number of halogens is 7. The molecule has 0 saturated heterocycles. The van der Waals surface area contributed by atoms with Gasteiger partial charge in [0.1, 0.15) is 35.0 Å². The van der Waals surface area contributed by atoms with Crippen LogP contribution in [0.25, 0.3) is 21.9 Å². The van der Waals surface area contributed by atoms with E-state index in [1.165, 1.54) is 12.4 Å². The van der Waals surface area contributed by atoms with Crippen LogP contribution in [0.1, 0.15) is 93.8 Å². The van der Waals surface area contributed by atoms with Crippen LogP contribution in [0.2, 0.25) is 35.2 Å². The molecule has 0 bridgehead atoms. The smallest absolute Gasteiger partial charge is 0.602 e. The van der Waals surface area contributed by atoms with Crippen molar-refractivity contribution in [3.05, 3.63) is 228 Å². The Morgan fingerprint density at radius 1 is 0.568 bits per heavy atom. The number of nitrogens with zero attached hydrogens (tertiary/aromatic N) is 13. The standard InChI is InChI=1S/C12H14ClN3OS.C8H7ClN2O2.C8H5ClN2O.C8H8ClNO.C7H5ClN2.C7H8ClN.C6H6ClNO.C4H11NOS.C2H3NO2.Na/c1-12(2,3)18(17)15-7-10-11-6-9(13)4-5-16(11)8-14-10;9-7-1-2-10-8(3-7)4-11(5-12)6-13;9-6-1-2-11-5-10-7(4-12)8(11)3-6;9-7-3-4-10-8(6-7)2-1-5-11;8-6-1-2-10-5-9-4-7(10)3-6;1-2-7-5-6(8)3-4-9-7;7-5-1-2-8-6(3-5)4-9;1-4(2,3)7(5)6;4-1-3-2-5;/h4-8H,1-3H3;1-3,5-6H,4H2;1-5H;3-6H,1-2H2;1-5H;3-5H,2H2,1H3;1-3,9H,4H2;5H2,1-3H3;1-2H,(H,3,4,5);/q;;;;;;;;;+1/p-1. The second-order valence-electron chi connectivity index (χ2n) is 20.1. The van der Waals surface area contributed by atoms with Crippen molar-refractivity contribution in [2.45, 2.75) is 90.4 Å². The van der Waals surface area contributed by atoms with Gasteiger partial charge in [0, 0.05) is 109 Å². The Kier molecular flexibility index (Phi) is 42.8. The first-order chi connectivity index (χ1) is 44.6. The first-order valence-electron chi connectivity index (χ1n) is 27.2. The minimum Gasteiger partial charge on any atom is -0.602 e. The molecule has 95 heavy (non-hydrogen) atoms. The van der Waals surface area contributed by atoms with Gasteiger partial charge < -0.3 is 38.0 Å². The molecule has 0 aromatic carbocycles. The van der Waals surface area contributed by atoms with Crippen LogP contribution in [-0.2, 0) is 71.9 Å². The maximum atomic E-state index is 11.8. The zero-order valence-electron chi connectivity index (χ0n) is 52.6. The summed E-state index contributed by atoms with van der Waals surface area (Å²) in [5.74, 6) is 0. The number of amides is 4. The van der Waals surface area contributed by atoms with Gasteiger partial charge in [-0.1, -0.05) is 88.1 Å². The van der Waals surface area contributed by atoms with Crippen LogP contribution in [0.15, 0.2) is 158 Å². The van der Waals surface area contributed by atoms with E-state index in [1.54, 1.807) is 121 Å². The number of imidazole rings is 3. The molecular formula is C62H66Cl7N14NaO9S2. The first kappa shape index (κ1) is 86.2. The second kappa shape index (κ2) is 47.2. The molecular weight excluding hydrogens is 1420 g/mol. The largest absolute Gasteiger partial charge is 1.00 e. The van der Waals surface area contributed by atoms with Crippen LogP contribution >= 0.6 is 81.2 Å². The molecule has 3 N–H and O–H groups in total. The van der Waals surface area contributed by atoms with Crippen molar-refractivity contribution in [3.8, 4) is 0 Å². The fourth-order valence-corrected chi connectivity index (χ4v) is 7.85. The molecule has 0 aliphatic rings. The number of hydrogen-bond acceptors (Lipinski definition) is 16. The molecule has 0 radical (unpaired) electrons. The molecule has 10 heterocycles. The van der Waals surface area contributed by atoms with Gasteiger partial charge in [0.05, 0.1) is 86.6 Å². The number of carbonyl (C=O) groups is 6. The Balaban J connectivity index is 0.000000543. The van der Waals surface area contributed by atoms with Gasteiger partial charge >= 0.3 is 29.6 Å². The number of fused-ring (bicyclic) bond motifs is 3. The second-order valence-corrected chi connectivity index (χ2v) is 26.9. The topological polar surface area (TPSA) is 316 Å². The van der Waals surface area contributed by atoms with Crippen molar-refractivity contribution in [1.29, 1.82) is 0 Å². The van der Waals surface area contributed by atoms with Crippen molar-refractivity contribution < 1.29 is 71.8 Å². The third-order valence-corrected chi connectivity index (χ3v) is 15.0. The summed E-state index contributed by atoms with van der Waals surface area (Å²) in [7, 11) is -2.47. The van der Waals surface area contributed by atoms with Gasteiger partial charge in [0.2, 0.25) is 12.8 Å². The van der Waals surface area contributed by atoms with E-state index in [0.717, 1.165) is 55.6 Å². The van der Waals surface area contributed by atoms with Gasteiger partial charge in [0.25, 0.3) is 0 Å². The Labute approximate surface area is 611 Å². The van der Waals surface area contributed by atoms with Crippen molar-refractivity contribution >= 4 is 164 Å². The molecule has 23 nitrogen and oxygen atoms in total. The molecule has 2 atom stereocenters. The van der Waals surface area contributed by atoms with E-state index < -0.39 is 22.0 Å². The third kappa shape index (κ3) is 35.7. The minimum absolute atomic E-state index is 0. The number of nitrogens with two attached hydrogens (primary N) is 1. The summed E-state index contributed by atoms with van der Waals surface area (Å²) in [5, 5.41) is 20.7. The predicted molar refractivity (Wildman–Crippen MR) is 373 cm³/mol. The van der Waals surface area contributed by atoms with Gasteiger partial charge in [-0.05, 0) is 139 Å². The van der Waals surface area contributed by atoms with Gasteiger partial charge in [-0.3, -0.25) is 44.4 Å². The van der Waals surface area contributed by atoms with E-state index in [1.807, 2.05) is 80.9 Å². The number of aliphatic hydroxyl groups excluding tert-OH is 1. The molecule has 10 rings (SSSR count). The molecule has 4 amide bonds. The molecule has 0 aliphatic carbocycles. The Hall–Kier alpha value is -6.79. The minimum atomic E-state index is -1.28. The zero-order valence-corrected chi connectivity index (χ0v) is 61.5. The molecule has 33 heteroatoms. The SMILES string of the molecule is CC(C)(C)S(=O)N=Cc1ncn2ccc(Cl)cc12.CC(C)(C)S(N)=O.CCc1cc(Cl)ccn1.Clc1ccn2cncc2c1.O=CCCc1cc(Cl)ccn1.O=CN(C=O)Cc1cc(Cl)ccn1.O=C[N-]C=O.O=Cc1ncn2ccc(Cl)cc12.OCc1cc(Cl)ccn1.[Na+]. The van der Waals surface area contributed by atoms with Crippen LogP contribution in [0.5, 0.6) is 0 Å². The number of aliphatic hydroxyl groups is 1. The van der Waals surface area contributed by atoms with Crippen molar-refractivity contribution in [1.82, 2.24) is 53.0 Å². The quantitative estimate of drug-likeness (QED) is 0.0581. The van der Waals surface area contributed by atoms with Crippen LogP contribution < -0.4 is 34.7 Å². The molecule has 10 aromatic rings. The summed E-state index contributed by atoms with van der Waals surface area (Å²) in [4.78, 5) is 87.9. The van der Waals surface area contributed by atoms with E-state index in [0.29, 0.717) is 79.8 Å². The van der Waals surface area contributed by atoms with Crippen LogP contribution in [0, 0.1) is 0 Å². The fraction of sp³-hybridized carbons (Fsp3) is 0.226. The molecule has 0 spiro atoms. The summed E-state index contributed by atoms with van der Waals surface area (Å²) in [6.45, 7) is 13.3. The summed E-state index contributed by atoms with van der Waals surface area (Å²) in [6.07, 6.45) is 25.2. The maximum Gasteiger partial charge on any atom is 1.00 e. The first-order valence-corrected chi connectivity index (χ1v) is 32.2. The summed E-state index contributed by atoms with van der Waals surface area (Å²) in [5.41, 5.74) is 6.76. The predicted octanol–water partition coefficient (Wildman–Crippen LogP) is 9.98. The summed E-state index contributed by atoms with van der Waals surface area (Å²) in [6, 6.07) is 24.4. The molecule has 500 valence electrons. The molecule has 10 aromatic heterocycles. The fourth-order valence-electron chi connectivity index (χ4n) is 6.12. The Bertz CT molecular complexity index is 4000. The monoisotopic (exact) mass is 1480 g/mol. The van der Waals surface area contributed by atoms with Gasteiger partial charge in [-0.25, -0.2) is 23.4 Å². The average molecular weight is 1490 g/mol. The van der Waals surface area contributed by atoms with E-state index >= 15 is 0 Å². The number of aldehydes is 2. The zero-order chi connectivity index (χ0) is 70.2. The van der Waals surface area contributed by atoms with Gasteiger partial charge in [-0.2, -0.15) is 4.40 Å². The van der Waals surface area contributed by atoms with Crippen LogP contribution in [0.4, 0.5) is 0 Å². The Morgan fingerprint density at radius 3 is 1.40 bits per heavy atom. The summed E-state index contributed by atoms with van der Waals surface area (Å²) < 4.78 is 31.1. The van der Waals surface area contributed by atoms with Crippen molar-refractivity contribution in [2.75, 3.05) is 0 Å². The van der Waals surface area contributed by atoms with E-state index in [9.17, 15) is 27.6 Å². The number of imide groups is 2. The summed E-state index contributed by atoms with van der Waals surface area (Å²) >= 11 is 40.1. The number of aryl methyl sites for hydroxylation is 2. The van der Waals surface area contributed by atoms with Crippen molar-refractivity contribution in [3.63, 3.8) is 0 Å². The molecule has 2 unspecified atom stereocenters. The van der Waals surface area contributed by atoms with E-state index in [-0.39, 0.29) is 65.0 Å².